The van der Waals surface area contributed by atoms with Crippen molar-refractivity contribution >= 4 is 21.8 Å². The van der Waals surface area contributed by atoms with Crippen LogP contribution in [-0.2, 0) is 5.41 Å². The van der Waals surface area contributed by atoms with Gasteiger partial charge in [-0.3, -0.25) is 9.97 Å². The summed E-state index contributed by atoms with van der Waals surface area (Å²) in [7, 11) is 0. The van der Waals surface area contributed by atoms with E-state index in [1.54, 1.807) is 0 Å². The summed E-state index contributed by atoms with van der Waals surface area (Å²) in [5.74, 6) is 0. The molecule has 0 atom stereocenters. The van der Waals surface area contributed by atoms with Crippen LogP contribution in [0.4, 0.5) is 0 Å². The Balaban J connectivity index is 1.05. The Labute approximate surface area is 303 Å². The minimum Gasteiger partial charge on any atom is -0.309 e. The second-order valence-corrected chi connectivity index (χ2v) is 14.3. The summed E-state index contributed by atoms with van der Waals surface area (Å²) in [6.45, 7) is 4.74. The number of nitrogens with zero attached hydrogens (tertiary/aromatic N) is 3. The van der Waals surface area contributed by atoms with E-state index in [1.165, 1.54) is 83.1 Å². The van der Waals surface area contributed by atoms with E-state index in [9.17, 15) is 0 Å². The van der Waals surface area contributed by atoms with E-state index < -0.39 is 0 Å². The molecule has 0 spiro atoms. The molecule has 0 saturated carbocycles. The van der Waals surface area contributed by atoms with Gasteiger partial charge >= 0.3 is 0 Å². The quantitative estimate of drug-likeness (QED) is 0.183. The van der Waals surface area contributed by atoms with Crippen molar-refractivity contribution in [2.75, 3.05) is 0 Å². The zero-order chi connectivity index (χ0) is 34.8. The van der Waals surface area contributed by atoms with Gasteiger partial charge in [-0.05, 0) is 146 Å². The average Bonchev–Trinajstić information content (AvgIpc) is 3.66. The summed E-state index contributed by atoms with van der Waals surface area (Å²) in [6.07, 6.45) is 7.44. The maximum absolute atomic E-state index is 4.26. The van der Waals surface area contributed by atoms with E-state index in [4.69, 9.17) is 0 Å². The molecular formula is C49H35N3. The molecule has 0 unspecified atom stereocenters. The average molecular weight is 666 g/mol. The Morgan fingerprint density at radius 1 is 0.385 bits per heavy atom. The number of aromatic nitrogens is 3. The third-order valence-corrected chi connectivity index (χ3v) is 11.0. The number of benzene rings is 6. The largest absolute Gasteiger partial charge is 0.309 e. The van der Waals surface area contributed by atoms with Gasteiger partial charge in [0.05, 0.1) is 11.0 Å². The summed E-state index contributed by atoms with van der Waals surface area (Å²) in [4.78, 5) is 8.52. The summed E-state index contributed by atoms with van der Waals surface area (Å²) < 4.78 is 2.40. The molecule has 1 aliphatic carbocycles. The summed E-state index contributed by atoms with van der Waals surface area (Å²) in [5, 5.41) is 2.55. The molecule has 1 aliphatic rings. The molecule has 3 heteroatoms. The number of para-hydroxylation sites is 2. The minimum atomic E-state index is -0.169. The maximum atomic E-state index is 4.26. The van der Waals surface area contributed by atoms with Crippen molar-refractivity contribution in [2.24, 2.45) is 0 Å². The van der Waals surface area contributed by atoms with Gasteiger partial charge < -0.3 is 4.57 Å². The lowest BCUT2D eigenvalue weighted by Crippen LogP contribution is -2.15. The first-order chi connectivity index (χ1) is 25.5. The predicted molar refractivity (Wildman–Crippen MR) is 216 cm³/mol. The van der Waals surface area contributed by atoms with Crippen molar-refractivity contribution in [3.05, 3.63) is 188 Å². The Morgan fingerprint density at radius 2 is 0.846 bits per heavy atom. The molecule has 0 fully saturated rings. The van der Waals surface area contributed by atoms with Crippen LogP contribution < -0.4 is 0 Å². The fourth-order valence-corrected chi connectivity index (χ4v) is 8.34. The molecule has 10 rings (SSSR count). The lowest BCUT2D eigenvalue weighted by Gasteiger charge is -2.23. The fraction of sp³-hybridized carbons (Fsp3) is 0.0612. The molecule has 3 nitrogen and oxygen atoms in total. The molecule has 0 aliphatic heterocycles. The van der Waals surface area contributed by atoms with Crippen molar-refractivity contribution in [3.63, 3.8) is 0 Å². The van der Waals surface area contributed by atoms with Crippen molar-refractivity contribution in [2.45, 2.75) is 19.3 Å². The monoisotopic (exact) mass is 665 g/mol. The van der Waals surface area contributed by atoms with Crippen LogP contribution in [0, 0.1) is 0 Å². The van der Waals surface area contributed by atoms with Crippen LogP contribution in [0.5, 0.6) is 0 Å². The Kier molecular flexibility index (Phi) is 6.84. The van der Waals surface area contributed by atoms with E-state index in [0.29, 0.717) is 0 Å². The number of fused-ring (bicyclic) bond motifs is 6. The second kappa shape index (κ2) is 11.8. The maximum Gasteiger partial charge on any atom is 0.0541 e. The lowest BCUT2D eigenvalue weighted by molar-refractivity contribution is 0.661. The highest BCUT2D eigenvalue weighted by Gasteiger charge is 2.36. The third kappa shape index (κ3) is 4.81. The van der Waals surface area contributed by atoms with E-state index in [-0.39, 0.29) is 5.41 Å². The molecule has 246 valence electrons. The molecule has 9 aromatic rings. The van der Waals surface area contributed by atoms with Crippen LogP contribution in [-0.4, -0.2) is 14.5 Å². The van der Waals surface area contributed by atoms with E-state index >= 15 is 0 Å². The van der Waals surface area contributed by atoms with Crippen molar-refractivity contribution in [1.29, 1.82) is 0 Å². The standard InChI is InChI=1S/C49H35N3/c1-49(2)45-30-35(34-8-7-9-40(29-34)52-47-12-5-3-10-43(47)44-11-4-6-13-48(44)52)14-16-41(45)42-17-15-36(31-46(42)49)39-27-37(32-18-22-50-23-19-32)26-38(28-39)33-20-24-51-25-21-33/h3-31H,1-2H3. The molecule has 0 amide bonds. The highest BCUT2D eigenvalue weighted by Crippen LogP contribution is 2.51. The van der Waals surface area contributed by atoms with E-state index in [2.05, 4.69) is 180 Å². The molecular weight excluding hydrogens is 631 g/mol. The number of hydrogen-bond donors (Lipinski definition) is 0. The number of pyridine rings is 2. The normalized spacial score (nSPS) is 13.0. The molecule has 0 bridgehead atoms. The van der Waals surface area contributed by atoms with Crippen LogP contribution in [0.15, 0.2) is 176 Å². The van der Waals surface area contributed by atoms with Crippen LogP contribution in [0.25, 0.3) is 83.1 Å². The molecule has 0 radical (unpaired) electrons. The molecule has 6 aromatic carbocycles. The highest BCUT2D eigenvalue weighted by molar-refractivity contribution is 6.09. The highest BCUT2D eigenvalue weighted by atomic mass is 15.0. The van der Waals surface area contributed by atoms with Gasteiger partial charge in [-0.1, -0.05) is 86.6 Å². The smallest absolute Gasteiger partial charge is 0.0541 e. The Morgan fingerprint density at radius 3 is 1.38 bits per heavy atom. The van der Waals surface area contributed by atoms with Gasteiger partial charge in [-0.25, -0.2) is 0 Å². The third-order valence-electron chi connectivity index (χ3n) is 11.0. The van der Waals surface area contributed by atoms with E-state index in [1.807, 2.05) is 24.8 Å². The van der Waals surface area contributed by atoms with Crippen molar-refractivity contribution in [1.82, 2.24) is 14.5 Å². The summed E-state index contributed by atoms with van der Waals surface area (Å²) in [5.41, 5.74) is 18.3. The van der Waals surface area contributed by atoms with E-state index in [0.717, 1.165) is 11.1 Å². The van der Waals surface area contributed by atoms with Crippen LogP contribution in [0.3, 0.4) is 0 Å². The fourth-order valence-electron chi connectivity index (χ4n) is 8.34. The zero-order valence-corrected chi connectivity index (χ0v) is 29.1. The Hall–Kier alpha value is -6.58. The number of rotatable bonds is 5. The van der Waals surface area contributed by atoms with Gasteiger partial charge in [-0.2, -0.15) is 0 Å². The summed E-state index contributed by atoms with van der Waals surface area (Å²) >= 11 is 0. The zero-order valence-electron chi connectivity index (χ0n) is 29.1. The summed E-state index contributed by atoms with van der Waals surface area (Å²) in [6, 6.07) is 55.7. The first kappa shape index (κ1) is 30.3. The van der Waals surface area contributed by atoms with Gasteiger partial charge in [0, 0.05) is 46.7 Å². The topological polar surface area (TPSA) is 30.7 Å². The van der Waals surface area contributed by atoms with Crippen LogP contribution >= 0.6 is 0 Å². The minimum absolute atomic E-state index is 0.169. The SMILES string of the molecule is CC1(C)c2cc(-c3cc(-c4ccncc4)cc(-c4ccncc4)c3)ccc2-c2ccc(-c3cccc(-n4c5ccccc5c5ccccc54)c3)cc21. The number of hydrogen-bond acceptors (Lipinski definition) is 2. The second-order valence-electron chi connectivity index (χ2n) is 14.3. The molecule has 3 heterocycles. The molecule has 0 N–H and O–H groups in total. The van der Waals surface area contributed by atoms with Gasteiger partial charge in [0.25, 0.3) is 0 Å². The first-order valence-electron chi connectivity index (χ1n) is 17.9. The molecule has 52 heavy (non-hydrogen) atoms. The van der Waals surface area contributed by atoms with Crippen LogP contribution in [0.1, 0.15) is 25.0 Å². The van der Waals surface area contributed by atoms with Gasteiger partial charge in [0.2, 0.25) is 0 Å². The van der Waals surface area contributed by atoms with Gasteiger partial charge in [0.15, 0.2) is 0 Å². The molecule has 0 saturated heterocycles. The molecule has 3 aromatic heterocycles. The lowest BCUT2D eigenvalue weighted by atomic mass is 9.80. The Bertz CT molecular complexity index is 2700. The predicted octanol–water partition coefficient (Wildman–Crippen LogP) is 12.5. The van der Waals surface area contributed by atoms with Crippen molar-refractivity contribution in [3.8, 4) is 61.3 Å². The first-order valence-corrected chi connectivity index (χ1v) is 17.9. The van der Waals surface area contributed by atoms with Gasteiger partial charge in [0.1, 0.15) is 0 Å². The van der Waals surface area contributed by atoms with Gasteiger partial charge in [-0.15, -0.1) is 0 Å². The van der Waals surface area contributed by atoms with Crippen molar-refractivity contribution < 1.29 is 0 Å². The van der Waals surface area contributed by atoms with Crippen LogP contribution in [0.2, 0.25) is 0 Å².